The third-order valence-electron chi connectivity index (χ3n) is 7.14. The number of halogens is 1. The van der Waals surface area contributed by atoms with Crippen molar-refractivity contribution >= 4 is 40.5 Å². The summed E-state index contributed by atoms with van der Waals surface area (Å²) in [4.78, 5) is 28.1. The smallest absolute Gasteiger partial charge is 0.244 e. The van der Waals surface area contributed by atoms with E-state index in [9.17, 15) is 9.59 Å². The summed E-state index contributed by atoms with van der Waals surface area (Å²) in [6.45, 7) is 2.06. The number of hydrogen-bond donors (Lipinski definition) is 3. The highest BCUT2D eigenvalue weighted by Gasteiger charge is 2.32. The minimum Gasteiger partial charge on any atom is -0.351 e. The first-order valence-corrected chi connectivity index (χ1v) is 15.1. The average molecular weight is 637 g/mol. The van der Waals surface area contributed by atoms with E-state index in [-0.39, 0.29) is 29.8 Å². The molecular weight excluding hydrogens is 599 g/mol. The third-order valence-corrected chi connectivity index (χ3v) is 8.02. The normalized spacial score (nSPS) is 17.9. The van der Waals surface area contributed by atoms with Crippen LogP contribution in [0.2, 0.25) is 0 Å². The fraction of sp³-hybridized carbons (Fsp3) is 0.312. The van der Waals surface area contributed by atoms with Gasteiger partial charge in [0.1, 0.15) is 0 Å². The summed E-state index contributed by atoms with van der Waals surface area (Å²) in [7, 11) is 0. The lowest BCUT2D eigenvalue weighted by Gasteiger charge is -2.29. The number of hydrogen-bond acceptors (Lipinski definition) is 4. The van der Waals surface area contributed by atoms with E-state index in [4.69, 9.17) is 5.73 Å². The first-order chi connectivity index (χ1) is 19.1. The van der Waals surface area contributed by atoms with Crippen LogP contribution in [0.1, 0.15) is 41.0 Å². The number of carbonyl (C=O) groups excluding carboxylic acids is 2. The maximum atomic E-state index is 13.6. The predicted octanol–water partition coefficient (Wildman–Crippen LogP) is 4.49. The highest BCUT2D eigenvalue weighted by Crippen LogP contribution is 2.27. The first-order valence-electron chi connectivity index (χ1n) is 13.5. The van der Waals surface area contributed by atoms with Gasteiger partial charge in [-0.15, -0.1) is 0 Å². The summed E-state index contributed by atoms with van der Waals surface area (Å²) >= 11 is 2.33. The molecule has 0 radical (unpaired) electrons. The SMILES string of the molecule is NCC[C@@H]1N[C@H](CNC(=O)/C=C/c2ccc(CI)cc2)CCN(CC(c2ccccc2)c2ccccc2)C1=O. The Hall–Kier alpha value is -3.01. The zero-order valence-corrected chi connectivity index (χ0v) is 24.3. The zero-order valence-electron chi connectivity index (χ0n) is 22.1. The van der Waals surface area contributed by atoms with Crippen molar-refractivity contribution in [3.63, 3.8) is 0 Å². The second-order valence-electron chi connectivity index (χ2n) is 9.89. The second kappa shape index (κ2) is 15.0. The molecule has 0 spiro atoms. The summed E-state index contributed by atoms with van der Waals surface area (Å²) in [6.07, 6.45) is 4.68. The molecule has 2 atom stereocenters. The first kappa shape index (κ1) is 29.0. The monoisotopic (exact) mass is 636 g/mol. The van der Waals surface area contributed by atoms with Gasteiger partial charge in [-0.1, -0.05) is 108 Å². The molecule has 1 heterocycles. The fourth-order valence-corrected chi connectivity index (χ4v) is 5.47. The minimum absolute atomic E-state index is 0.0253. The Balaban J connectivity index is 1.41. The van der Waals surface area contributed by atoms with Crippen molar-refractivity contribution in [2.24, 2.45) is 5.73 Å². The Kier molecular flexibility index (Phi) is 11.1. The number of nitrogens with one attached hydrogen (secondary N) is 2. The van der Waals surface area contributed by atoms with Gasteiger partial charge in [0, 0.05) is 42.1 Å². The van der Waals surface area contributed by atoms with E-state index < -0.39 is 0 Å². The molecule has 0 bridgehead atoms. The quantitative estimate of drug-likeness (QED) is 0.165. The highest BCUT2D eigenvalue weighted by atomic mass is 127. The van der Waals surface area contributed by atoms with E-state index in [0.29, 0.717) is 32.6 Å². The molecule has 0 unspecified atom stereocenters. The number of carbonyl (C=O) groups is 2. The van der Waals surface area contributed by atoms with Crippen molar-refractivity contribution in [1.29, 1.82) is 0 Å². The van der Waals surface area contributed by atoms with Crippen LogP contribution in [-0.4, -0.2) is 55.0 Å². The molecule has 7 heteroatoms. The van der Waals surface area contributed by atoms with E-state index in [2.05, 4.69) is 69.6 Å². The number of rotatable bonds is 11. The maximum absolute atomic E-state index is 13.6. The van der Waals surface area contributed by atoms with Crippen LogP contribution in [0.15, 0.2) is 91.0 Å². The molecular formula is C32H37IN4O2. The van der Waals surface area contributed by atoms with Crippen LogP contribution in [0.4, 0.5) is 0 Å². The van der Waals surface area contributed by atoms with Crippen molar-refractivity contribution in [3.05, 3.63) is 113 Å². The largest absolute Gasteiger partial charge is 0.351 e. The van der Waals surface area contributed by atoms with Gasteiger partial charge in [0.05, 0.1) is 6.04 Å². The topological polar surface area (TPSA) is 87.5 Å². The Morgan fingerprint density at radius 3 is 2.26 bits per heavy atom. The summed E-state index contributed by atoms with van der Waals surface area (Å²) in [5.74, 6) is -0.00557. The van der Waals surface area contributed by atoms with Crippen LogP contribution >= 0.6 is 22.6 Å². The number of benzene rings is 3. The van der Waals surface area contributed by atoms with Crippen LogP contribution in [0.25, 0.3) is 6.08 Å². The van der Waals surface area contributed by atoms with E-state index in [1.807, 2.05) is 59.5 Å². The summed E-state index contributed by atoms with van der Waals surface area (Å²) < 4.78 is 0.959. The predicted molar refractivity (Wildman–Crippen MR) is 167 cm³/mol. The van der Waals surface area contributed by atoms with Crippen molar-refractivity contribution in [2.75, 3.05) is 26.2 Å². The molecule has 4 N–H and O–H groups in total. The number of alkyl halides is 1. The molecule has 3 aromatic rings. The molecule has 0 aliphatic carbocycles. The molecule has 0 aromatic heterocycles. The molecule has 1 aliphatic rings. The van der Waals surface area contributed by atoms with E-state index in [1.54, 1.807) is 6.08 Å². The van der Waals surface area contributed by atoms with Gasteiger partial charge in [0.2, 0.25) is 11.8 Å². The standard InChI is InChI=1S/C32H37IN4O2/c33-21-25-13-11-24(12-14-25)15-16-31(38)35-22-28-18-20-37(32(39)30(36-28)17-19-34)23-29(26-7-3-1-4-8-26)27-9-5-2-6-10-27/h1-16,28-30,36H,17-23,34H2,(H,35,38)/b16-15+/t28-,30-/m0/s1. The van der Waals surface area contributed by atoms with Gasteiger partial charge in [-0.25, -0.2) is 0 Å². The fourth-order valence-electron chi connectivity index (χ4n) is 4.96. The van der Waals surface area contributed by atoms with Gasteiger partial charge in [-0.05, 0) is 47.7 Å². The van der Waals surface area contributed by atoms with Gasteiger partial charge in [-0.2, -0.15) is 0 Å². The summed E-state index contributed by atoms with van der Waals surface area (Å²) in [6, 6.07) is 28.5. The Morgan fingerprint density at radius 2 is 1.67 bits per heavy atom. The number of nitrogens with two attached hydrogens (primary N) is 1. The molecule has 1 fully saturated rings. The lowest BCUT2D eigenvalue weighted by molar-refractivity contribution is -0.133. The summed E-state index contributed by atoms with van der Waals surface area (Å²) in [5, 5.41) is 6.49. The van der Waals surface area contributed by atoms with Gasteiger partial charge in [-0.3, -0.25) is 9.59 Å². The molecule has 204 valence electrons. The van der Waals surface area contributed by atoms with Crippen LogP contribution in [0, 0.1) is 0 Å². The molecule has 0 saturated carbocycles. The number of amides is 2. The molecule has 4 rings (SSSR count). The van der Waals surface area contributed by atoms with Gasteiger partial charge in [0.25, 0.3) is 0 Å². The molecule has 2 amide bonds. The molecule has 1 saturated heterocycles. The van der Waals surface area contributed by atoms with Crippen LogP contribution in [0.5, 0.6) is 0 Å². The maximum Gasteiger partial charge on any atom is 0.244 e. The van der Waals surface area contributed by atoms with Crippen LogP contribution < -0.4 is 16.4 Å². The minimum atomic E-state index is -0.376. The lowest BCUT2D eigenvalue weighted by atomic mass is 9.90. The van der Waals surface area contributed by atoms with Crippen molar-refractivity contribution < 1.29 is 9.59 Å². The van der Waals surface area contributed by atoms with Gasteiger partial charge in [0.15, 0.2) is 0 Å². The van der Waals surface area contributed by atoms with Crippen LogP contribution in [-0.2, 0) is 14.0 Å². The van der Waals surface area contributed by atoms with Crippen molar-refractivity contribution in [3.8, 4) is 0 Å². The Bertz CT molecular complexity index is 1180. The van der Waals surface area contributed by atoms with E-state index >= 15 is 0 Å². The third kappa shape index (κ3) is 8.49. The van der Waals surface area contributed by atoms with Crippen LogP contribution in [0.3, 0.4) is 0 Å². The van der Waals surface area contributed by atoms with E-state index in [0.717, 1.165) is 16.4 Å². The Labute approximate surface area is 245 Å². The second-order valence-corrected chi connectivity index (χ2v) is 10.7. The van der Waals surface area contributed by atoms with Gasteiger partial charge < -0.3 is 21.3 Å². The molecule has 39 heavy (non-hydrogen) atoms. The molecule has 1 aliphatic heterocycles. The summed E-state index contributed by atoms with van der Waals surface area (Å²) in [5.41, 5.74) is 10.5. The van der Waals surface area contributed by atoms with Gasteiger partial charge >= 0.3 is 0 Å². The molecule has 3 aromatic carbocycles. The van der Waals surface area contributed by atoms with Crippen molar-refractivity contribution in [1.82, 2.24) is 15.5 Å². The highest BCUT2D eigenvalue weighted by molar-refractivity contribution is 14.1. The van der Waals surface area contributed by atoms with E-state index in [1.165, 1.54) is 16.7 Å². The average Bonchev–Trinajstić information content (AvgIpc) is 3.13. The Morgan fingerprint density at radius 1 is 1.03 bits per heavy atom. The molecule has 6 nitrogen and oxygen atoms in total. The zero-order chi connectivity index (χ0) is 27.5. The van der Waals surface area contributed by atoms with Crippen molar-refractivity contribution in [2.45, 2.75) is 35.3 Å². The lowest BCUT2D eigenvalue weighted by Crippen LogP contribution is -2.49. The number of nitrogens with zero attached hydrogens (tertiary/aromatic N) is 1.